The number of aliphatic hydroxyl groups is 2. The molecule has 8 rings (SSSR count). The maximum Gasteiger partial charge on any atom is 0.329 e. The zero-order chi connectivity index (χ0) is 45.1. The SMILES string of the molecule is COC(=O)[C@@H](NC(=O)N1C(=O)[C@@]2(c3ccccc31)[C@H](c1cccc(OCCO)c1)N1[C@H](c3ccccc3)[C@H](c3ccccc3)OC(=O)[C@H]1[C@@H]2C(=O)NC[C@H](O)c1ccccc1)C(C)C. The van der Waals surface area contributed by atoms with Gasteiger partial charge in [0.1, 0.15) is 36.0 Å². The van der Waals surface area contributed by atoms with Gasteiger partial charge >= 0.3 is 18.0 Å². The number of anilines is 1. The van der Waals surface area contributed by atoms with Crippen LogP contribution in [-0.4, -0.2) is 83.8 Å². The molecule has 5 aromatic rings. The minimum absolute atomic E-state index is 0.0393. The third-order valence-corrected chi connectivity index (χ3v) is 12.4. The first-order valence-corrected chi connectivity index (χ1v) is 21.3. The summed E-state index contributed by atoms with van der Waals surface area (Å²) in [5.41, 5.74) is 0.723. The number of carbonyl (C=O) groups excluding carboxylic acids is 5. The van der Waals surface area contributed by atoms with Crippen LogP contribution in [0.4, 0.5) is 10.5 Å². The predicted molar refractivity (Wildman–Crippen MR) is 235 cm³/mol. The molecule has 5 aromatic carbocycles. The van der Waals surface area contributed by atoms with Gasteiger partial charge in [-0.05, 0) is 51.9 Å². The minimum atomic E-state index is -2.06. The number of ether oxygens (including phenoxy) is 3. The summed E-state index contributed by atoms with van der Waals surface area (Å²) in [6.07, 6.45) is -2.10. The number of nitrogens with one attached hydrogen (secondary N) is 2. The molecule has 64 heavy (non-hydrogen) atoms. The Morgan fingerprint density at radius 3 is 2.08 bits per heavy atom. The fourth-order valence-electron chi connectivity index (χ4n) is 9.72. The van der Waals surface area contributed by atoms with Crippen LogP contribution in [0.3, 0.4) is 0 Å². The smallest absolute Gasteiger partial charge is 0.329 e. The van der Waals surface area contributed by atoms with Gasteiger partial charge in [0.2, 0.25) is 11.8 Å². The molecule has 8 atom stereocenters. The highest BCUT2D eigenvalue weighted by atomic mass is 16.6. The number of aliphatic hydroxyl groups excluding tert-OH is 2. The minimum Gasteiger partial charge on any atom is -0.491 e. The molecule has 3 aliphatic rings. The quantitative estimate of drug-likeness (QED) is 0.110. The van der Waals surface area contributed by atoms with Crippen molar-refractivity contribution in [1.82, 2.24) is 15.5 Å². The van der Waals surface area contributed by atoms with Crippen molar-refractivity contribution < 1.29 is 48.4 Å². The molecular formula is C50H50N4O10. The van der Waals surface area contributed by atoms with Crippen LogP contribution in [0.5, 0.6) is 5.75 Å². The van der Waals surface area contributed by atoms with Crippen molar-refractivity contribution in [3.05, 3.63) is 167 Å². The Balaban J connectivity index is 1.40. The molecule has 3 aliphatic heterocycles. The Hall–Kier alpha value is -6.87. The number of amides is 4. The highest BCUT2D eigenvalue weighted by Gasteiger charge is 2.75. The standard InChI is InChI=1S/C50H50N4O10/c1-30(2)40(46(58)62-3)52-49(61)53-37-25-14-13-24-36(37)50(48(53)60)39(45(57)51-29-38(56)31-16-7-4-8-17-31)42-47(59)64-43(33-20-11-6-12-21-33)41(32-18-9-5-10-19-32)54(42)44(50)34-22-15-23-35(28-34)63-27-26-55/h4-25,28,30,38-44,55-56H,26-27,29H2,1-3H3,(H,51,57)(H,52,61)/t38-,39+,40-,41+,42+,43-,44-,50+/m0/s1. The van der Waals surface area contributed by atoms with E-state index in [1.54, 1.807) is 92.7 Å². The number of nitrogens with zero attached hydrogens (tertiary/aromatic N) is 2. The van der Waals surface area contributed by atoms with Crippen molar-refractivity contribution in [2.75, 3.05) is 31.8 Å². The largest absolute Gasteiger partial charge is 0.491 e. The molecule has 14 heteroatoms. The van der Waals surface area contributed by atoms with E-state index < -0.39 is 83.4 Å². The van der Waals surface area contributed by atoms with Gasteiger partial charge in [-0.25, -0.2) is 14.5 Å². The van der Waals surface area contributed by atoms with Crippen LogP contribution < -0.4 is 20.3 Å². The highest BCUT2D eigenvalue weighted by Crippen LogP contribution is 2.66. The Morgan fingerprint density at radius 1 is 0.797 bits per heavy atom. The van der Waals surface area contributed by atoms with E-state index in [-0.39, 0.29) is 31.0 Å². The highest BCUT2D eigenvalue weighted by molar-refractivity contribution is 6.25. The van der Waals surface area contributed by atoms with Gasteiger partial charge in [-0.3, -0.25) is 19.3 Å². The summed E-state index contributed by atoms with van der Waals surface area (Å²) in [6, 6.07) is 35.3. The van der Waals surface area contributed by atoms with Gasteiger partial charge in [0.05, 0.1) is 43.5 Å². The van der Waals surface area contributed by atoms with E-state index in [4.69, 9.17) is 14.2 Å². The number of benzene rings is 5. The number of cyclic esters (lactones) is 1. The van der Waals surface area contributed by atoms with Gasteiger partial charge in [0.15, 0.2) is 0 Å². The molecule has 0 aromatic heterocycles. The average Bonchev–Trinajstić information content (AvgIpc) is 3.78. The normalized spacial score (nSPS) is 23.5. The molecule has 4 N–H and O–H groups in total. The summed E-state index contributed by atoms with van der Waals surface area (Å²) >= 11 is 0. The number of rotatable bonds is 13. The molecule has 0 bridgehead atoms. The molecule has 14 nitrogen and oxygen atoms in total. The van der Waals surface area contributed by atoms with Crippen LogP contribution in [-0.2, 0) is 34.1 Å². The van der Waals surface area contributed by atoms with E-state index in [1.807, 2.05) is 65.6 Å². The number of urea groups is 1. The summed E-state index contributed by atoms with van der Waals surface area (Å²) in [4.78, 5) is 77.6. The second kappa shape index (κ2) is 18.5. The van der Waals surface area contributed by atoms with Crippen LogP contribution in [0.1, 0.15) is 66.0 Å². The van der Waals surface area contributed by atoms with Gasteiger partial charge < -0.3 is 35.1 Å². The number of esters is 2. The summed E-state index contributed by atoms with van der Waals surface area (Å²) < 4.78 is 17.4. The lowest BCUT2D eigenvalue weighted by molar-refractivity contribution is -0.178. The third-order valence-electron chi connectivity index (χ3n) is 12.4. The molecule has 4 amide bonds. The lowest BCUT2D eigenvalue weighted by atomic mass is 9.65. The van der Waals surface area contributed by atoms with Gasteiger partial charge in [0, 0.05) is 6.54 Å². The molecule has 0 saturated carbocycles. The van der Waals surface area contributed by atoms with Gasteiger partial charge in [-0.2, -0.15) is 0 Å². The predicted octanol–water partition coefficient (Wildman–Crippen LogP) is 5.48. The van der Waals surface area contributed by atoms with E-state index in [9.17, 15) is 19.8 Å². The van der Waals surface area contributed by atoms with E-state index in [2.05, 4.69) is 10.6 Å². The number of hydrogen-bond donors (Lipinski definition) is 4. The van der Waals surface area contributed by atoms with Gasteiger partial charge in [-0.15, -0.1) is 0 Å². The molecule has 330 valence electrons. The number of hydrogen-bond acceptors (Lipinski definition) is 11. The number of methoxy groups -OCH3 is 1. The van der Waals surface area contributed by atoms with Crippen molar-refractivity contribution >= 4 is 35.5 Å². The molecule has 2 saturated heterocycles. The second-order valence-electron chi connectivity index (χ2n) is 16.4. The fourth-order valence-corrected chi connectivity index (χ4v) is 9.72. The third kappa shape index (κ3) is 7.67. The molecule has 1 spiro atoms. The maximum atomic E-state index is 16.3. The average molecular weight is 867 g/mol. The number of fused-ring (bicyclic) bond motifs is 3. The summed E-state index contributed by atoms with van der Waals surface area (Å²) in [5, 5.41) is 26.7. The summed E-state index contributed by atoms with van der Waals surface area (Å²) in [6.45, 7) is 2.85. The van der Waals surface area contributed by atoms with Crippen LogP contribution in [0.25, 0.3) is 0 Å². The first-order chi connectivity index (χ1) is 31.0. The van der Waals surface area contributed by atoms with Crippen molar-refractivity contribution in [1.29, 1.82) is 0 Å². The van der Waals surface area contributed by atoms with Crippen molar-refractivity contribution in [3.63, 3.8) is 0 Å². The second-order valence-corrected chi connectivity index (χ2v) is 16.4. The number of morpholine rings is 1. The van der Waals surface area contributed by atoms with Crippen molar-refractivity contribution in [2.45, 2.75) is 55.6 Å². The van der Waals surface area contributed by atoms with Crippen LogP contribution >= 0.6 is 0 Å². The Morgan fingerprint density at radius 2 is 1.42 bits per heavy atom. The summed E-state index contributed by atoms with van der Waals surface area (Å²) in [5.74, 6) is -4.77. The summed E-state index contributed by atoms with van der Waals surface area (Å²) in [7, 11) is 1.20. The molecule has 0 radical (unpaired) electrons. The molecule has 0 unspecified atom stereocenters. The maximum absolute atomic E-state index is 16.3. The fraction of sp³-hybridized carbons (Fsp3) is 0.300. The Labute approximate surface area is 370 Å². The lowest BCUT2D eigenvalue weighted by Crippen LogP contribution is -2.58. The van der Waals surface area contributed by atoms with Gasteiger partial charge in [-0.1, -0.05) is 135 Å². The zero-order valence-electron chi connectivity index (χ0n) is 35.6. The van der Waals surface area contributed by atoms with E-state index in [0.29, 0.717) is 28.0 Å². The van der Waals surface area contributed by atoms with Crippen LogP contribution in [0.2, 0.25) is 0 Å². The zero-order valence-corrected chi connectivity index (χ0v) is 35.6. The first kappa shape index (κ1) is 43.8. The number of carbonyl (C=O) groups is 5. The van der Waals surface area contributed by atoms with Crippen molar-refractivity contribution in [2.24, 2.45) is 11.8 Å². The molecular weight excluding hydrogens is 817 g/mol. The number of imide groups is 1. The topological polar surface area (TPSA) is 184 Å². The molecule has 0 aliphatic carbocycles. The lowest BCUT2D eigenvalue weighted by Gasteiger charge is -2.46. The van der Waals surface area contributed by atoms with Crippen LogP contribution in [0.15, 0.2) is 140 Å². The Kier molecular flexibility index (Phi) is 12.6. The van der Waals surface area contributed by atoms with Crippen LogP contribution in [0, 0.1) is 11.8 Å². The first-order valence-electron chi connectivity index (χ1n) is 21.3. The van der Waals surface area contributed by atoms with E-state index in [1.165, 1.54) is 7.11 Å². The van der Waals surface area contributed by atoms with Gasteiger partial charge in [0.25, 0.3) is 0 Å². The number of para-hydroxylation sites is 1. The molecule has 2 fully saturated rings. The van der Waals surface area contributed by atoms with Crippen molar-refractivity contribution in [3.8, 4) is 5.75 Å². The molecule has 3 heterocycles. The monoisotopic (exact) mass is 866 g/mol. The Bertz CT molecular complexity index is 2510. The van der Waals surface area contributed by atoms with E-state index in [0.717, 1.165) is 4.90 Å². The van der Waals surface area contributed by atoms with E-state index >= 15 is 14.4 Å².